The van der Waals surface area contributed by atoms with Crippen LogP contribution in [-0.2, 0) is 22.5 Å². The highest BCUT2D eigenvalue weighted by Gasteiger charge is 2.26. The second-order valence-electron chi connectivity index (χ2n) is 8.76. The number of aromatic nitrogens is 1. The molecule has 0 saturated heterocycles. The van der Waals surface area contributed by atoms with Gasteiger partial charge in [-0.25, -0.2) is 0 Å². The number of phenolic OH excluding ortho intramolecular Hbond substituents is 2. The molecule has 0 spiro atoms. The molecule has 0 radical (unpaired) electrons. The van der Waals surface area contributed by atoms with Gasteiger partial charge in [0.05, 0.1) is 19.1 Å². The van der Waals surface area contributed by atoms with Crippen molar-refractivity contribution in [1.29, 1.82) is 0 Å². The van der Waals surface area contributed by atoms with Gasteiger partial charge in [0.15, 0.2) is 11.5 Å². The first-order valence-electron chi connectivity index (χ1n) is 11.5. The van der Waals surface area contributed by atoms with Crippen molar-refractivity contribution in [3.63, 3.8) is 0 Å². The molecule has 0 fully saturated rings. The third kappa shape index (κ3) is 6.27. The highest BCUT2D eigenvalue weighted by molar-refractivity contribution is 5.71. The molecule has 190 valence electrons. The van der Waals surface area contributed by atoms with E-state index >= 15 is 0 Å². The Balaban J connectivity index is 1.99. The monoisotopic (exact) mass is 493 g/mol. The number of carbonyl (C=O) groups excluding carboxylic acids is 1. The SMILES string of the molecule is C=C(C)COc1ccc(C(CC(=O)OC)c2c(O)cc(C)n(CCc3ccc(O)c(O)c3)c2=O)cc1. The zero-order valence-electron chi connectivity index (χ0n) is 20.7. The summed E-state index contributed by atoms with van der Waals surface area (Å²) in [6.07, 6.45) is 0.259. The van der Waals surface area contributed by atoms with Crippen molar-refractivity contribution in [2.75, 3.05) is 13.7 Å². The Hall–Kier alpha value is -4.20. The lowest BCUT2D eigenvalue weighted by molar-refractivity contribution is -0.140. The van der Waals surface area contributed by atoms with Crippen molar-refractivity contribution in [3.05, 3.63) is 93.4 Å². The molecule has 8 heteroatoms. The van der Waals surface area contributed by atoms with Gasteiger partial charge in [-0.1, -0.05) is 24.8 Å². The van der Waals surface area contributed by atoms with Crippen LogP contribution in [0.15, 0.2) is 65.5 Å². The molecular weight excluding hydrogens is 462 g/mol. The lowest BCUT2D eigenvalue weighted by Gasteiger charge is -2.21. The zero-order valence-corrected chi connectivity index (χ0v) is 20.7. The van der Waals surface area contributed by atoms with Gasteiger partial charge in [0, 0.05) is 18.2 Å². The summed E-state index contributed by atoms with van der Waals surface area (Å²) in [5.41, 5.74) is 2.46. The fourth-order valence-electron chi connectivity index (χ4n) is 3.98. The maximum Gasteiger partial charge on any atom is 0.306 e. The number of ether oxygens (including phenoxy) is 2. The van der Waals surface area contributed by atoms with E-state index in [0.29, 0.717) is 30.0 Å². The Kier molecular flexibility index (Phi) is 8.42. The fourth-order valence-corrected chi connectivity index (χ4v) is 3.98. The second kappa shape index (κ2) is 11.5. The molecule has 0 aliphatic rings. The standard InChI is InChI=1S/C28H31NO7/c1-17(2)16-36-21-8-6-20(7-9-21)22(15-26(33)35-4)27-25(32)13-18(3)29(28(27)34)12-11-19-5-10-23(30)24(31)14-19/h5-10,13-14,22,30-32H,1,11-12,15-16H2,2-4H3. The predicted molar refractivity (Wildman–Crippen MR) is 136 cm³/mol. The van der Waals surface area contributed by atoms with E-state index in [4.69, 9.17) is 9.47 Å². The molecule has 1 atom stereocenters. The van der Waals surface area contributed by atoms with Gasteiger partial charge in [-0.15, -0.1) is 0 Å². The molecule has 3 aromatic rings. The van der Waals surface area contributed by atoms with E-state index in [-0.39, 0.29) is 35.8 Å². The molecule has 0 saturated carbocycles. The molecular formula is C28H31NO7. The van der Waals surface area contributed by atoms with Gasteiger partial charge in [-0.2, -0.15) is 0 Å². The van der Waals surface area contributed by atoms with Crippen molar-refractivity contribution in [2.45, 2.75) is 39.2 Å². The van der Waals surface area contributed by atoms with Gasteiger partial charge < -0.3 is 29.4 Å². The van der Waals surface area contributed by atoms with Gasteiger partial charge in [0.2, 0.25) is 0 Å². The van der Waals surface area contributed by atoms with Crippen LogP contribution in [0, 0.1) is 6.92 Å². The molecule has 0 aliphatic carbocycles. The van der Waals surface area contributed by atoms with Crippen molar-refractivity contribution >= 4 is 5.97 Å². The number of nitrogens with zero attached hydrogens (tertiary/aromatic N) is 1. The molecule has 2 aromatic carbocycles. The molecule has 36 heavy (non-hydrogen) atoms. The Labute approximate surface area is 209 Å². The predicted octanol–water partition coefficient (Wildman–Crippen LogP) is 4.17. The number of aromatic hydroxyl groups is 3. The van der Waals surface area contributed by atoms with Gasteiger partial charge in [0.25, 0.3) is 5.56 Å². The molecule has 0 bridgehead atoms. The highest BCUT2D eigenvalue weighted by atomic mass is 16.5. The van der Waals surface area contributed by atoms with E-state index in [1.165, 1.54) is 29.9 Å². The van der Waals surface area contributed by atoms with E-state index in [1.54, 1.807) is 37.3 Å². The number of carbonyl (C=O) groups is 1. The lowest BCUT2D eigenvalue weighted by atomic mass is 9.88. The van der Waals surface area contributed by atoms with E-state index in [0.717, 1.165) is 11.1 Å². The highest BCUT2D eigenvalue weighted by Crippen LogP contribution is 2.33. The summed E-state index contributed by atoms with van der Waals surface area (Å²) in [6.45, 7) is 8.01. The smallest absolute Gasteiger partial charge is 0.306 e. The summed E-state index contributed by atoms with van der Waals surface area (Å²) in [7, 11) is 1.27. The molecule has 0 amide bonds. The van der Waals surface area contributed by atoms with Crippen LogP contribution in [0.2, 0.25) is 0 Å². The Morgan fingerprint density at radius 2 is 1.72 bits per heavy atom. The molecule has 8 nitrogen and oxygen atoms in total. The summed E-state index contributed by atoms with van der Waals surface area (Å²) in [5, 5.41) is 30.1. The van der Waals surface area contributed by atoms with Crippen LogP contribution in [0.1, 0.15) is 41.6 Å². The topological polar surface area (TPSA) is 118 Å². The average molecular weight is 494 g/mol. The van der Waals surface area contributed by atoms with Crippen LogP contribution < -0.4 is 10.3 Å². The Morgan fingerprint density at radius 3 is 2.33 bits per heavy atom. The first-order chi connectivity index (χ1) is 17.1. The minimum atomic E-state index is -0.746. The van der Waals surface area contributed by atoms with Crippen LogP contribution >= 0.6 is 0 Å². The molecule has 1 heterocycles. The number of hydrogen-bond donors (Lipinski definition) is 3. The Bertz CT molecular complexity index is 1310. The van der Waals surface area contributed by atoms with Crippen molar-refractivity contribution in [2.24, 2.45) is 0 Å². The average Bonchev–Trinajstić information content (AvgIpc) is 2.84. The van der Waals surface area contributed by atoms with Gasteiger partial charge in [-0.3, -0.25) is 9.59 Å². The fraction of sp³-hybridized carbons (Fsp3) is 0.286. The maximum absolute atomic E-state index is 13.6. The number of esters is 1. The molecule has 3 rings (SSSR count). The second-order valence-corrected chi connectivity index (χ2v) is 8.76. The summed E-state index contributed by atoms with van der Waals surface area (Å²) in [5.74, 6) is -1.32. The first-order valence-corrected chi connectivity index (χ1v) is 11.5. The van der Waals surface area contributed by atoms with Crippen LogP contribution in [0.25, 0.3) is 0 Å². The minimum Gasteiger partial charge on any atom is -0.507 e. The number of benzene rings is 2. The molecule has 0 aliphatic heterocycles. The number of aryl methyl sites for hydroxylation is 2. The van der Waals surface area contributed by atoms with Crippen LogP contribution in [0.3, 0.4) is 0 Å². The van der Waals surface area contributed by atoms with Crippen molar-refractivity contribution < 1.29 is 29.6 Å². The van der Waals surface area contributed by atoms with E-state index in [9.17, 15) is 24.9 Å². The minimum absolute atomic E-state index is 0.0927. The van der Waals surface area contributed by atoms with E-state index in [1.807, 2.05) is 6.92 Å². The largest absolute Gasteiger partial charge is 0.507 e. The van der Waals surface area contributed by atoms with Crippen LogP contribution in [0.4, 0.5) is 0 Å². The van der Waals surface area contributed by atoms with E-state index < -0.39 is 17.4 Å². The summed E-state index contributed by atoms with van der Waals surface area (Å²) in [6, 6.07) is 13.0. The molecule has 1 unspecified atom stereocenters. The first kappa shape index (κ1) is 26.4. The van der Waals surface area contributed by atoms with Gasteiger partial charge >= 0.3 is 5.97 Å². The van der Waals surface area contributed by atoms with Gasteiger partial charge in [0.1, 0.15) is 18.1 Å². The van der Waals surface area contributed by atoms with Gasteiger partial charge in [-0.05, 0) is 67.3 Å². The third-order valence-electron chi connectivity index (χ3n) is 5.90. The number of rotatable bonds is 10. The number of pyridine rings is 1. The summed E-state index contributed by atoms with van der Waals surface area (Å²) >= 11 is 0. The number of methoxy groups -OCH3 is 1. The summed E-state index contributed by atoms with van der Waals surface area (Å²) < 4.78 is 12.0. The molecule has 3 N–H and O–H groups in total. The summed E-state index contributed by atoms with van der Waals surface area (Å²) in [4.78, 5) is 25.9. The molecule has 1 aromatic heterocycles. The normalized spacial score (nSPS) is 11.6. The van der Waals surface area contributed by atoms with Crippen molar-refractivity contribution in [1.82, 2.24) is 4.57 Å². The van der Waals surface area contributed by atoms with Crippen LogP contribution in [-0.4, -0.2) is 39.6 Å². The lowest BCUT2D eigenvalue weighted by Crippen LogP contribution is -2.29. The van der Waals surface area contributed by atoms with Crippen LogP contribution in [0.5, 0.6) is 23.0 Å². The number of phenols is 2. The Morgan fingerprint density at radius 1 is 1.03 bits per heavy atom. The third-order valence-corrected chi connectivity index (χ3v) is 5.90. The number of hydrogen-bond acceptors (Lipinski definition) is 7. The van der Waals surface area contributed by atoms with E-state index in [2.05, 4.69) is 6.58 Å². The maximum atomic E-state index is 13.6. The quantitative estimate of drug-likeness (QED) is 0.220. The zero-order chi connectivity index (χ0) is 26.4. The van der Waals surface area contributed by atoms with Crippen molar-refractivity contribution in [3.8, 4) is 23.0 Å².